The molecule has 2 aromatic carbocycles. The zero-order valence-corrected chi connectivity index (χ0v) is 19.1. The normalized spacial score (nSPS) is 14.6. The van der Waals surface area contributed by atoms with Gasteiger partial charge in [-0.25, -0.2) is 18.1 Å². The van der Waals surface area contributed by atoms with Gasteiger partial charge in [-0.15, -0.1) is 0 Å². The Morgan fingerprint density at radius 3 is 2.45 bits per heavy atom. The van der Waals surface area contributed by atoms with Crippen LogP contribution in [0.25, 0.3) is 11.1 Å². The van der Waals surface area contributed by atoms with Crippen molar-refractivity contribution in [1.29, 1.82) is 0 Å². The SMILES string of the molecule is CNS(=O)(=O)c1cc(Nc2ccccc2)cc(-c2ccnc(NC(=O)C3CCOCC3)c2)c1. The lowest BCUT2D eigenvalue weighted by atomic mass is 9.99. The number of para-hydroxylation sites is 1. The van der Waals surface area contributed by atoms with Gasteiger partial charge in [0, 0.05) is 36.7 Å². The fourth-order valence-electron chi connectivity index (χ4n) is 3.67. The highest BCUT2D eigenvalue weighted by Gasteiger charge is 2.22. The van der Waals surface area contributed by atoms with Crippen LogP contribution in [-0.4, -0.2) is 39.6 Å². The molecule has 4 rings (SSSR count). The number of benzene rings is 2. The lowest BCUT2D eigenvalue weighted by Crippen LogP contribution is -2.28. The number of carbonyl (C=O) groups excluding carboxylic acids is 1. The lowest BCUT2D eigenvalue weighted by Gasteiger charge is -2.21. The van der Waals surface area contributed by atoms with E-state index in [2.05, 4.69) is 20.3 Å². The summed E-state index contributed by atoms with van der Waals surface area (Å²) in [7, 11) is -2.30. The Hall–Kier alpha value is -3.27. The van der Waals surface area contributed by atoms with Crippen molar-refractivity contribution in [2.45, 2.75) is 17.7 Å². The monoisotopic (exact) mass is 466 g/mol. The Kier molecular flexibility index (Phi) is 7.02. The molecule has 3 aromatic rings. The minimum Gasteiger partial charge on any atom is -0.381 e. The molecular formula is C24H26N4O4S. The zero-order chi connectivity index (χ0) is 23.3. The molecule has 0 spiro atoms. The number of hydrogen-bond acceptors (Lipinski definition) is 6. The van der Waals surface area contributed by atoms with Gasteiger partial charge in [-0.05, 0) is 73.5 Å². The largest absolute Gasteiger partial charge is 0.381 e. The summed E-state index contributed by atoms with van der Waals surface area (Å²) in [4.78, 5) is 17.0. The van der Waals surface area contributed by atoms with Crippen molar-refractivity contribution in [3.8, 4) is 11.1 Å². The summed E-state index contributed by atoms with van der Waals surface area (Å²) >= 11 is 0. The number of anilines is 3. The van der Waals surface area contributed by atoms with Crippen molar-refractivity contribution in [3.05, 3.63) is 66.9 Å². The first-order chi connectivity index (χ1) is 15.9. The number of hydrogen-bond donors (Lipinski definition) is 3. The topological polar surface area (TPSA) is 109 Å². The van der Waals surface area contributed by atoms with Gasteiger partial charge < -0.3 is 15.4 Å². The van der Waals surface area contributed by atoms with Crippen LogP contribution in [0.2, 0.25) is 0 Å². The molecule has 1 aliphatic rings. The van der Waals surface area contributed by atoms with Crippen molar-refractivity contribution in [1.82, 2.24) is 9.71 Å². The van der Waals surface area contributed by atoms with Gasteiger partial charge in [-0.1, -0.05) is 18.2 Å². The maximum Gasteiger partial charge on any atom is 0.240 e. The van der Waals surface area contributed by atoms with E-state index in [4.69, 9.17) is 4.74 Å². The van der Waals surface area contributed by atoms with E-state index in [9.17, 15) is 13.2 Å². The minimum absolute atomic E-state index is 0.0825. The molecule has 3 N–H and O–H groups in total. The molecule has 0 atom stereocenters. The van der Waals surface area contributed by atoms with Gasteiger partial charge in [0.25, 0.3) is 0 Å². The van der Waals surface area contributed by atoms with Gasteiger partial charge in [0.2, 0.25) is 15.9 Å². The van der Waals surface area contributed by atoms with Crippen LogP contribution >= 0.6 is 0 Å². The molecule has 1 saturated heterocycles. The molecule has 0 saturated carbocycles. The first-order valence-electron chi connectivity index (χ1n) is 10.7. The summed E-state index contributed by atoms with van der Waals surface area (Å²) in [6, 6.07) is 18.1. The molecular weight excluding hydrogens is 440 g/mol. The van der Waals surface area contributed by atoms with E-state index in [1.807, 2.05) is 36.4 Å². The highest BCUT2D eigenvalue weighted by molar-refractivity contribution is 7.89. The lowest BCUT2D eigenvalue weighted by molar-refractivity contribution is -0.122. The fraction of sp³-hybridized carbons (Fsp3) is 0.250. The molecule has 1 aromatic heterocycles. The van der Waals surface area contributed by atoms with E-state index in [0.717, 1.165) is 11.3 Å². The Morgan fingerprint density at radius 1 is 0.970 bits per heavy atom. The van der Waals surface area contributed by atoms with Crippen LogP contribution in [0.5, 0.6) is 0 Å². The molecule has 2 heterocycles. The third kappa shape index (κ3) is 5.75. The predicted octanol–water partition coefficient (Wildman–Crippen LogP) is 3.77. The number of pyridine rings is 1. The Balaban J connectivity index is 1.65. The quantitative estimate of drug-likeness (QED) is 0.489. The first-order valence-corrected chi connectivity index (χ1v) is 12.2. The maximum atomic E-state index is 12.6. The van der Waals surface area contributed by atoms with Gasteiger partial charge in [0.15, 0.2) is 0 Å². The molecule has 172 valence electrons. The number of carbonyl (C=O) groups is 1. The van der Waals surface area contributed by atoms with Crippen LogP contribution in [-0.2, 0) is 19.6 Å². The third-order valence-electron chi connectivity index (χ3n) is 5.48. The summed E-state index contributed by atoms with van der Waals surface area (Å²) in [6.45, 7) is 1.16. The number of nitrogens with one attached hydrogen (secondary N) is 3. The van der Waals surface area contributed by atoms with Crippen molar-refractivity contribution in [2.24, 2.45) is 5.92 Å². The summed E-state index contributed by atoms with van der Waals surface area (Å²) in [5.74, 6) is 0.235. The Morgan fingerprint density at radius 2 is 1.73 bits per heavy atom. The van der Waals surface area contributed by atoms with Crippen molar-refractivity contribution in [3.63, 3.8) is 0 Å². The van der Waals surface area contributed by atoms with Crippen LogP contribution in [0.4, 0.5) is 17.2 Å². The van der Waals surface area contributed by atoms with Crippen molar-refractivity contribution >= 4 is 33.1 Å². The van der Waals surface area contributed by atoms with Gasteiger partial charge >= 0.3 is 0 Å². The number of nitrogens with zero attached hydrogens (tertiary/aromatic N) is 1. The fourth-order valence-corrected chi connectivity index (χ4v) is 4.47. The minimum atomic E-state index is -3.67. The second-order valence-corrected chi connectivity index (χ2v) is 9.64. The average Bonchev–Trinajstić information content (AvgIpc) is 2.85. The zero-order valence-electron chi connectivity index (χ0n) is 18.2. The molecule has 1 amide bonds. The number of aromatic nitrogens is 1. The van der Waals surface area contributed by atoms with Crippen LogP contribution in [0.1, 0.15) is 12.8 Å². The van der Waals surface area contributed by atoms with E-state index in [1.165, 1.54) is 7.05 Å². The molecule has 33 heavy (non-hydrogen) atoms. The summed E-state index contributed by atoms with van der Waals surface area (Å²) < 4.78 is 32.8. The Bertz CT molecular complexity index is 1230. The van der Waals surface area contributed by atoms with Gasteiger partial charge in [0.05, 0.1) is 4.90 Å². The van der Waals surface area contributed by atoms with E-state index < -0.39 is 10.0 Å². The maximum absolute atomic E-state index is 12.6. The predicted molar refractivity (Wildman–Crippen MR) is 128 cm³/mol. The highest BCUT2D eigenvalue weighted by Crippen LogP contribution is 2.30. The van der Waals surface area contributed by atoms with Crippen LogP contribution in [0, 0.1) is 5.92 Å². The molecule has 0 unspecified atom stereocenters. The molecule has 0 radical (unpaired) electrons. The van der Waals surface area contributed by atoms with Crippen molar-refractivity contribution in [2.75, 3.05) is 30.9 Å². The van der Waals surface area contributed by atoms with E-state index >= 15 is 0 Å². The van der Waals surface area contributed by atoms with Crippen LogP contribution in [0.3, 0.4) is 0 Å². The molecule has 1 aliphatic heterocycles. The highest BCUT2D eigenvalue weighted by atomic mass is 32.2. The van der Waals surface area contributed by atoms with Crippen LogP contribution in [0.15, 0.2) is 71.8 Å². The van der Waals surface area contributed by atoms with Crippen LogP contribution < -0.4 is 15.4 Å². The standard InChI is InChI=1S/C24H26N4O4S/c1-25-33(30,31)22-14-19(13-21(16-22)27-20-5-3-2-4-6-20)18-7-10-26-23(15-18)28-24(29)17-8-11-32-12-9-17/h2-7,10,13-17,25,27H,8-9,11-12H2,1H3,(H,26,28,29). The number of rotatable bonds is 7. The summed E-state index contributed by atoms with van der Waals surface area (Å²) in [6.07, 6.45) is 2.96. The number of sulfonamides is 1. The smallest absolute Gasteiger partial charge is 0.240 e. The average molecular weight is 467 g/mol. The summed E-state index contributed by atoms with van der Waals surface area (Å²) in [5.41, 5.74) is 2.86. The second-order valence-electron chi connectivity index (χ2n) is 7.75. The van der Waals surface area contributed by atoms with Crippen molar-refractivity contribution < 1.29 is 17.9 Å². The van der Waals surface area contributed by atoms with Gasteiger partial charge in [0.1, 0.15) is 5.82 Å². The van der Waals surface area contributed by atoms with Gasteiger partial charge in [-0.2, -0.15) is 0 Å². The molecule has 8 nitrogen and oxygen atoms in total. The van der Waals surface area contributed by atoms with E-state index in [-0.39, 0.29) is 16.7 Å². The first kappa shape index (κ1) is 22.9. The number of ether oxygens (including phenoxy) is 1. The number of amides is 1. The molecule has 1 fully saturated rings. The third-order valence-corrected chi connectivity index (χ3v) is 6.88. The van der Waals surface area contributed by atoms with Gasteiger partial charge in [-0.3, -0.25) is 4.79 Å². The van der Waals surface area contributed by atoms with E-state index in [0.29, 0.717) is 43.1 Å². The second kappa shape index (κ2) is 10.1. The Labute approximate surface area is 193 Å². The summed E-state index contributed by atoms with van der Waals surface area (Å²) in [5, 5.41) is 6.13. The molecule has 0 bridgehead atoms. The molecule has 9 heteroatoms. The molecule has 0 aliphatic carbocycles. The van der Waals surface area contributed by atoms with E-state index in [1.54, 1.807) is 30.5 Å².